The molecule has 0 aliphatic carbocycles. The van der Waals surface area contributed by atoms with Crippen LogP contribution in [0.25, 0.3) is 0 Å². The van der Waals surface area contributed by atoms with Gasteiger partial charge >= 0.3 is 0 Å². The van der Waals surface area contributed by atoms with Crippen LogP contribution in [-0.2, 0) is 9.22 Å². The van der Waals surface area contributed by atoms with Gasteiger partial charge in [0.1, 0.15) is 0 Å². The number of nitrogens with zero attached hydrogens (tertiary/aromatic N) is 1. The van der Waals surface area contributed by atoms with Crippen LogP contribution in [0, 0.1) is 0 Å². The lowest BCUT2D eigenvalue weighted by molar-refractivity contribution is -0.126. The largest absolute Gasteiger partial charge is 0.410 e. The van der Waals surface area contributed by atoms with Crippen molar-refractivity contribution >= 4 is 14.2 Å². The van der Waals surface area contributed by atoms with Gasteiger partial charge in [0.05, 0.1) is 18.8 Å². The Morgan fingerprint density at radius 2 is 2.04 bits per heavy atom. The van der Waals surface area contributed by atoms with E-state index in [0.717, 1.165) is 19.3 Å². The number of rotatable bonds is 9. The van der Waals surface area contributed by atoms with Gasteiger partial charge in [0.25, 0.3) is 0 Å². The Hall–Kier alpha value is -0.653. The van der Waals surface area contributed by atoms with Gasteiger partial charge in [-0.25, -0.2) is 0 Å². The molecule has 1 fully saturated rings. The van der Waals surface area contributed by atoms with Crippen molar-refractivity contribution in [2.24, 2.45) is 0 Å². The quantitative estimate of drug-likeness (QED) is 0.491. The Morgan fingerprint density at radius 3 is 2.58 bits per heavy atom. The predicted octanol–water partition coefficient (Wildman–Crippen LogP) is 4.45. The molecule has 1 heterocycles. The van der Waals surface area contributed by atoms with Gasteiger partial charge in [-0.15, -0.1) is 0 Å². The second-order valence-corrected chi connectivity index (χ2v) is 13.2. The average molecular weight is 356 g/mol. The molecule has 24 heavy (non-hydrogen) atoms. The first kappa shape index (κ1) is 21.4. The Kier molecular flexibility index (Phi) is 8.16. The third-order valence-electron chi connectivity index (χ3n) is 5.39. The molecule has 0 radical (unpaired) electrons. The van der Waals surface area contributed by atoms with Crippen LogP contribution in [0.2, 0.25) is 18.1 Å². The van der Waals surface area contributed by atoms with Crippen molar-refractivity contribution in [1.29, 1.82) is 0 Å². The standard InChI is InChI=1S/C19H37NO3Si/c1-7-8-9-10-17(23-24(5,6)19(2,3)4)13-14-20-16(15-21)11-12-18(20)22/h13-14,16-17,21H,7-12,15H2,1-6H3/b14-13+/t16?,17-/m0/s1. The molecular weight excluding hydrogens is 318 g/mol. The summed E-state index contributed by atoms with van der Waals surface area (Å²) in [7, 11) is -1.85. The molecule has 1 amide bonds. The zero-order valence-electron chi connectivity index (χ0n) is 16.5. The van der Waals surface area contributed by atoms with Crippen molar-refractivity contribution < 1.29 is 14.3 Å². The normalized spacial score (nSPS) is 21.0. The minimum atomic E-state index is -1.85. The maximum atomic E-state index is 12.0. The maximum absolute atomic E-state index is 12.0. The lowest BCUT2D eigenvalue weighted by Gasteiger charge is -2.38. The van der Waals surface area contributed by atoms with Crippen molar-refractivity contribution in [1.82, 2.24) is 4.90 Å². The smallest absolute Gasteiger partial charge is 0.226 e. The first-order chi connectivity index (χ1) is 11.1. The summed E-state index contributed by atoms with van der Waals surface area (Å²) >= 11 is 0. The van der Waals surface area contributed by atoms with E-state index >= 15 is 0 Å². The van der Waals surface area contributed by atoms with Crippen LogP contribution in [0.4, 0.5) is 0 Å². The number of hydrogen-bond donors (Lipinski definition) is 1. The fourth-order valence-corrected chi connectivity index (χ4v) is 3.99. The summed E-state index contributed by atoms with van der Waals surface area (Å²) in [5, 5.41) is 9.60. The molecule has 0 saturated carbocycles. The molecule has 1 saturated heterocycles. The molecule has 0 aromatic rings. The van der Waals surface area contributed by atoms with Crippen molar-refractivity contribution in [2.75, 3.05) is 6.61 Å². The first-order valence-corrected chi connectivity index (χ1v) is 12.3. The zero-order valence-corrected chi connectivity index (χ0v) is 17.5. The monoisotopic (exact) mass is 355 g/mol. The predicted molar refractivity (Wildman–Crippen MR) is 102 cm³/mol. The molecule has 1 rings (SSSR count). The minimum absolute atomic E-state index is 0.0275. The molecule has 1 N–H and O–H groups in total. The van der Waals surface area contributed by atoms with E-state index in [2.05, 4.69) is 40.8 Å². The number of aliphatic hydroxyl groups excluding tert-OH is 1. The van der Waals surface area contributed by atoms with E-state index in [-0.39, 0.29) is 29.7 Å². The number of carbonyl (C=O) groups is 1. The second kappa shape index (κ2) is 9.16. The Balaban J connectivity index is 2.81. The molecule has 1 aliphatic heterocycles. The van der Waals surface area contributed by atoms with Gasteiger partial charge < -0.3 is 14.4 Å². The van der Waals surface area contributed by atoms with Gasteiger partial charge in [0, 0.05) is 12.6 Å². The topological polar surface area (TPSA) is 49.8 Å². The third kappa shape index (κ3) is 6.01. The van der Waals surface area contributed by atoms with E-state index in [0.29, 0.717) is 6.42 Å². The van der Waals surface area contributed by atoms with Crippen LogP contribution in [0.15, 0.2) is 12.3 Å². The maximum Gasteiger partial charge on any atom is 0.226 e. The van der Waals surface area contributed by atoms with E-state index in [1.165, 1.54) is 12.8 Å². The SMILES string of the molecule is CCCCC[C@@H](/C=C/N1C(=O)CCC1CO)O[Si](C)(C)C(C)(C)C. The number of aliphatic hydroxyl groups is 1. The summed E-state index contributed by atoms with van der Waals surface area (Å²) in [4.78, 5) is 13.7. The van der Waals surface area contributed by atoms with E-state index in [1.807, 2.05) is 12.3 Å². The van der Waals surface area contributed by atoms with Gasteiger partial charge in [0.2, 0.25) is 5.91 Å². The Bertz CT molecular complexity index is 429. The highest BCUT2D eigenvalue weighted by atomic mass is 28.4. The fourth-order valence-electron chi connectivity index (χ4n) is 2.68. The van der Waals surface area contributed by atoms with E-state index in [1.54, 1.807) is 4.90 Å². The van der Waals surface area contributed by atoms with Crippen LogP contribution in [0.3, 0.4) is 0 Å². The lowest BCUT2D eigenvalue weighted by atomic mass is 10.1. The van der Waals surface area contributed by atoms with Gasteiger partial charge in [-0.2, -0.15) is 0 Å². The summed E-state index contributed by atoms with van der Waals surface area (Å²) in [6.45, 7) is 13.5. The highest BCUT2D eigenvalue weighted by molar-refractivity contribution is 6.74. The van der Waals surface area contributed by atoms with Crippen molar-refractivity contribution in [3.63, 3.8) is 0 Å². The molecule has 4 nitrogen and oxygen atoms in total. The van der Waals surface area contributed by atoms with Crippen LogP contribution >= 0.6 is 0 Å². The van der Waals surface area contributed by atoms with Crippen molar-refractivity contribution in [2.45, 2.75) is 96.5 Å². The summed E-state index contributed by atoms with van der Waals surface area (Å²) in [6.07, 6.45) is 9.73. The number of carbonyl (C=O) groups excluding carboxylic acids is 1. The molecule has 0 aromatic heterocycles. The molecule has 5 heteroatoms. The van der Waals surface area contributed by atoms with Crippen LogP contribution in [0.5, 0.6) is 0 Å². The van der Waals surface area contributed by atoms with Crippen LogP contribution in [0.1, 0.15) is 66.2 Å². The van der Waals surface area contributed by atoms with Crippen molar-refractivity contribution in [3.8, 4) is 0 Å². The molecule has 1 unspecified atom stereocenters. The molecule has 2 atom stereocenters. The van der Waals surface area contributed by atoms with E-state index in [9.17, 15) is 9.90 Å². The second-order valence-electron chi connectivity index (χ2n) is 8.43. The first-order valence-electron chi connectivity index (χ1n) is 9.40. The van der Waals surface area contributed by atoms with Gasteiger partial charge in [-0.05, 0) is 37.0 Å². The molecule has 140 valence electrons. The number of amides is 1. The summed E-state index contributed by atoms with van der Waals surface area (Å²) in [5.74, 6) is 0.102. The highest BCUT2D eigenvalue weighted by Crippen LogP contribution is 2.38. The minimum Gasteiger partial charge on any atom is -0.410 e. The molecule has 0 spiro atoms. The third-order valence-corrected chi connectivity index (χ3v) is 9.89. The molecule has 0 aromatic carbocycles. The fraction of sp³-hybridized carbons (Fsp3) is 0.842. The van der Waals surface area contributed by atoms with Crippen molar-refractivity contribution in [3.05, 3.63) is 12.3 Å². The zero-order chi connectivity index (χ0) is 18.4. The molecule has 0 bridgehead atoms. The van der Waals surface area contributed by atoms with Gasteiger partial charge in [0.15, 0.2) is 8.32 Å². The summed E-state index contributed by atoms with van der Waals surface area (Å²) in [6, 6.07) is -0.0714. The number of hydrogen-bond acceptors (Lipinski definition) is 3. The molecule has 1 aliphatic rings. The van der Waals surface area contributed by atoms with E-state index in [4.69, 9.17) is 4.43 Å². The molecular formula is C19H37NO3Si. The van der Waals surface area contributed by atoms with Gasteiger partial charge in [-0.3, -0.25) is 4.79 Å². The van der Waals surface area contributed by atoms with E-state index < -0.39 is 8.32 Å². The Labute approximate surface area is 149 Å². The van der Waals surface area contributed by atoms with Crippen LogP contribution < -0.4 is 0 Å². The average Bonchev–Trinajstić information content (AvgIpc) is 2.83. The van der Waals surface area contributed by atoms with Gasteiger partial charge in [-0.1, -0.05) is 47.0 Å². The van der Waals surface area contributed by atoms with Crippen LogP contribution in [-0.4, -0.2) is 43.0 Å². The Morgan fingerprint density at radius 1 is 1.38 bits per heavy atom. The number of likely N-dealkylation sites (tertiary alicyclic amines) is 1. The summed E-state index contributed by atoms with van der Waals surface area (Å²) < 4.78 is 6.56. The number of unbranched alkanes of at least 4 members (excludes halogenated alkanes) is 2. The summed E-state index contributed by atoms with van der Waals surface area (Å²) in [5.41, 5.74) is 0. The highest BCUT2D eigenvalue weighted by Gasteiger charge is 2.38. The lowest BCUT2D eigenvalue weighted by Crippen LogP contribution is -2.43.